The molecule has 0 unspecified atom stereocenters. The van der Waals surface area contributed by atoms with Gasteiger partial charge in [-0.05, 0) is 55.7 Å². The number of nitrogens with one attached hydrogen (secondary N) is 1. The highest BCUT2D eigenvalue weighted by molar-refractivity contribution is 6.31. The molecule has 25 heavy (non-hydrogen) atoms. The van der Waals surface area contributed by atoms with Crippen LogP contribution in [-0.2, 0) is 14.4 Å². The number of anilines is 1. The summed E-state index contributed by atoms with van der Waals surface area (Å²) >= 11 is 5.96. The van der Waals surface area contributed by atoms with Crippen LogP contribution in [0.1, 0.15) is 31.2 Å². The Balaban J connectivity index is 1.38. The fourth-order valence-electron chi connectivity index (χ4n) is 4.85. The first kappa shape index (κ1) is 16.6. The summed E-state index contributed by atoms with van der Waals surface area (Å²) in [5.41, 5.74) is 1.57. The van der Waals surface area contributed by atoms with E-state index in [9.17, 15) is 14.4 Å². The molecule has 2 aliphatic carbocycles. The summed E-state index contributed by atoms with van der Waals surface area (Å²) < 4.78 is 0. The number of rotatable bonds is 4. The van der Waals surface area contributed by atoms with Gasteiger partial charge in [-0.25, -0.2) is 0 Å². The molecule has 5 nitrogen and oxygen atoms in total. The van der Waals surface area contributed by atoms with Crippen molar-refractivity contribution in [2.45, 2.75) is 32.6 Å². The summed E-state index contributed by atoms with van der Waals surface area (Å²) in [6.07, 6.45) is 3.26. The molecule has 1 aliphatic heterocycles. The van der Waals surface area contributed by atoms with Crippen LogP contribution in [0.2, 0.25) is 5.02 Å². The first-order chi connectivity index (χ1) is 12.0. The Morgan fingerprint density at radius 2 is 1.84 bits per heavy atom. The first-order valence-electron chi connectivity index (χ1n) is 8.87. The van der Waals surface area contributed by atoms with Crippen LogP contribution < -0.4 is 5.32 Å². The standard InChI is InChI=1S/C19H21ClN2O3/c1-10-2-5-13(20)9-14(10)21-15(23)6-7-22-18(24)16-11-3-4-12(8-11)17(16)19(22)25/h2,5,9,11-12,16-17H,3-4,6-8H2,1H3,(H,21,23)/t11-,12-,16+,17+/m0/s1. The van der Waals surface area contributed by atoms with Gasteiger partial charge in [0.25, 0.3) is 0 Å². The Hall–Kier alpha value is -1.88. The molecule has 1 saturated heterocycles. The number of fused-ring (bicyclic) bond motifs is 5. The molecule has 2 saturated carbocycles. The highest BCUT2D eigenvalue weighted by atomic mass is 35.5. The molecule has 1 aromatic rings. The summed E-state index contributed by atoms with van der Waals surface area (Å²) in [6, 6.07) is 5.30. The van der Waals surface area contributed by atoms with Gasteiger partial charge in [0.05, 0.1) is 11.8 Å². The number of nitrogens with zero attached hydrogens (tertiary/aromatic N) is 1. The van der Waals surface area contributed by atoms with E-state index in [1.54, 1.807) is 12.1 Å². The maximum Gasteiger partial charge on any atom is 0.233 e. The molecule has 4 rings (SSSR count). The largest absolute Gasteiger partial charge is 0.326 e. The van der Waals surface area contributed by atoms with Crippen LogP contribution in [0.5, 0.6) is 0 Å². The van der Waals surface area contributed by atoms with Crippen LogP contribution in [0.25, 0.3) is 0 Å². The van der Waals surface area contributed by atoms with Gasteiger partial charge < -0.3 is 5.32 Å². The molecule has 6 heteroatoms. The van der Waals surface area contributed by atoms with Gasteiger partial charge in [0.1, 0.15) is 0 Å². The van der Waals surface area contributed by atoms with E-state index in [1.807, 2.05) is 13.0 Å². The average Bonchev–Trinajstić information content (AvgIpc) is 3.24. The SMILES string of the molecule is Cc1ccc(Cl)cc1NC(=O)CCN1C(=O)[C@@H]2[C@H]3CC[C@@H](C3)[C@H]2C1=O. The van der Waals surface area contributed by atoms with E-state index in [0.717, 1.165) is 24.8 Å². The number of aryl methyl sites for hydroxylation is 1. The number of benzene rings is 1. The maximum atomic E-state index is 12.6. The van der Waals surface area contributed by atoms with Gasteiger partial charge in [-0.2, -0.15) is 0 Å². The number of likely N-dealkylation sites (tertiary alicyclic amines) is 1. The molecule has 132 valence electrons. The molecular weight excluding hydrogens is 340 g/mol. The normalized spacial score (nSPS) is 30.1. The van der Waals surface area contributed by atoms with Crippen LogP contribution in [0.3, 0.4) is 0 Å². The van der Waals surface area contributed by atoms with E-state index >= 15 is 0 Å². The molecule has 1 heterocycles. The van der Waals surface area contributed by atoms with Crippen molar-refractivity contribution in [3.8, 4) is 0 Å². The lowest BCUT2D eigenvalue weighted by atomic mass is 9.81. The number of halogens is 1. The zero-order chi connectivity index (χ0) is 17.7. The van der Waals surface area contributed by atoms with Crippen LogP contribution in [-0.4, -0.2) is 29.2 Å². The third-order valence-electron chi connectivity index (χ3n) is 6.05. The predicted octanol–water partition coefficient (Wildman–Crippen LogP) is 3.01. The lowest BCUT2D eigenvalue weighted by molar-refractivity contribution is -0.140. The maximum absolute atomic E-state index is 12.6. The average molecular weight is 361 g/mol. The van der Waals surface area contributed by atoms with Crippen molar-refractivity contribution in [1.82, 2.24) is 4.90 Å². The van der Waals surface area contributed by atoms with Crippen LogP contribution in [0.15, 0.2) is 18.2 Å². The van der Waals surface area contributed by atoms with E-state index in [0.29, 0.717) is 22.5 Å². The van der Waals surface area contributed by atoms with E-state index < -0.39 is 0 Å². The van der Waals surface area contributed by atoms with Gasteiger partial charge in [0.15, 0.2) is 0 Å². The highest BCUT2D eigenvalue weighted by Crippen LogP contribution is 2.56. The van der Waals surface area contributed by atoms with E-state index in [1.165, 1.54) is 4.90 Å². The minimum Gasteiger partial charge on any atom is -0.326 e. The van der Waals surface area contributed by atoms with Crippen molar-refractivity contribution in [3.05, 3.63) is 28.8 Å². The lowest BCUT2D eigenvalue weighted by Crippen LogP contribution is -2.35. The Labute approximate surface area is 151 Å². The number of hydrogen-bond acceptors (Lipinski definition) is 3. The fraction of sp³-hybridized carbons (Fsp3) is 0.526. The molecule has 1 aromatic carbocycles. The zero-order valence-corrected chi connectivity index (χ0v) is 14.9. The van der Waals surface area contributed by atoms with Gasteiger partial charge >= 0.3 is 0 Å². The number of carbonyl (C=O) groups excluding carboxylic acids is 3. The first-order valence-corrected chi connectivity index (χ1v) is 9.24. The van der Waals surface area contributed by atoms with Crippen LogP contribution >= 0.6 is 11.6 Å². The Kier molecular flexibility index (Phi) is 4.07. The molecule has 0 spiro atoms. The highest BCUT2D eigenvalue weighted by Gasteiger charge is 2.60. The monoisotopic (exact) mass is 360 g/mol. The minimum atomic E-state index is -0.217. The van der Waals surface area contributed by atoms with Crippen molar-refractivity contribution >= 4 is 35.0 Å². The number of imide groups is 1. The van der Waals surface area contributed by atoms with Crippen molar-refractivity contribution in [3.63, 3.8) is 0 Å². The fourth-order valence-corrected chi connectivity index (χ4v) is 5.02. The summed E-state index contributed by atoms with van der Waals surface area (Å²) in [7, 11) is 0. The van der Waals surface area contributed by atoms with Crippen LogP contribution in [0, 0.1) is 30.6 Å². The molecule has 4 atom stereocenters. The molecular formula is C19H21ClN2O3. The quantitative estimate of drug-likeness (QED) is 0.839. The minimum absolute atomic E-state index is 0.0612. The Bertz CT molecular complexity index is 735. The van der Waals surface area contributed by atoms with E-state index in [-0.39, 0.29) is 42.5 Å². The summed E-state index contributed by atoms with van der Waals surface area (Å²) in [5, 5.41) is 3.36. The van der Waals surface area contributed by atoms with Crippen LogP contribution in [0.4, 0.5) is 5.69 Å². The molecule has 1 N–H and O–H groups in total. The third kappa shape index (κ3) is 2.74. The number of hydrogen-bond donors (Lipinski definition) is 1. The van der Waals surface area contributed by atoms with Crippen molar-refractivity contribution in [1.29, 1.82) is 0 Å². The molecule has 3 amide bonds. The molecule has 0 aromatic heterocycles. The lowest BCUT2D eigenvalue weighted by Gasteiger charge is -2.19. The molecule has 3 fully saturated rings. The molecule has 3 aliphatic rings. The predicted molar refractivity (Wildman–Crippen MR) is 94.0 cm³/mol. The van der Waals surface area contributed by atoms with Gasteiger partial charge in [0.2, 0.25) is 17.7 Å². The smallest absolute Gasteiger partial charge is 0.233 e. The molecule has 0 radical (unpaired) electrons. The van der Waals surface area contributed by atoms with E-state index in [2.05, 4.69) is 5.32 Å². The van der Waals surface area contributed by atoms with Crippen molar-refractivity contribution < 1.29 is 14.4 Å². The van der Waals surface area contributed by atoms with Gasteiger partial charge in [-0.1, -0.05) is 17.7 Å². The van der Waals surface area contributed by atoms with E-state index in [4.69, 9.17) is 11.6 Å². The summed E-state index contributed by atoms with van der Waals surface area (Å²) in [6.45, 7) is 2.05. The number of carbonyl (C=O) groups is 3. The molecule has 2 bridgehead atoms. The van der Waals surface area contributed by atoms with Gasteiger partial charge in [-0.3, -0.25) is 19.3 Å². The Morgan fingerprint density at radius 3 is 2.48 bits per heavy atom. The van der Waals surface area contributed by atoms with Crippen molar-refractivity contribution in [2.75, 3.05) is 11.9 Å². The summed E-state index contributed by atoms with van der Waals surface area (Å²) in [4.78, 5) is 38.8. The second kappa shape index (κ2) is 6.13. The second-order valence-corrected chi connectivity index (χ2v) is 7.91. The second-order valence-electron chi connectivity index (χ2n) is 7.47. The zero-order valence-electron chi connectivity index (χ0n) is 14.1. The van der Waals surface area contributed by atoms with Gasteiger partial charge in [-0.15, -0.1) is 0 Å². The Morgan fingerprint density at radius 1 is 1.20 bits per heavy atom. The number of amides is 3. The topological polar surface area (TPSA) is 66.5 Å². The van der Waals surface area contributed by atoms with Crippen molar-refractivity contribution in [2.24, 2.45) is 23.7 Å². The third-order valence-corrected chi connectivity index (χ3v) is 6.29. The summed E-state index contributed by atoms with van der Waals surface area (Å²) in [5.74, 6) is 0.168. The van der Waals surface area contributed by atoms with Gasteiger partial charge in [0, 0.05) is 23.7 Å².